The first-order valence-electron chi connectivity index (χ1n) is 4.46. The molecular formula is C9H10ClN3O2. The molecule has 0 aromatic carbocycles. The van der Waals surface area contributed by atoms with Crippen molar-refractivity contribution in [2.45, 2.75) is 19.4 Å². The van der Waals surface area contributed by atoms with Gasteiger partial charge in [-0.05, 0) is 31.5 Å². The number of carbonyl (C=O) groups is 1. The summed E-state index contributed by atoms with van der Waals surface area (Å²) in [5, 5.41) is 0.114. The normalized spacial score (nSPS) is 19.1. The van der Waals surface area contributed by atoms with Crippen LogP contribution in [0.5, 0.6) is 0 Å². The van der Waals surface area contributed by atoms with Crippen molar-refractivity contribution in [1.82, 2.24) is 9.97 Å². The molecule has 15 heavy (non-hydrogen) atoms. The van der Waals surface area contributed by atoms with Gasteiger partial charge in [0.1, 0.15) is 12.4 Å². The molecule has 2 rings (SSSR count). The van der Waals surface area contributed by atoms with Crippen LogP contribution < -0.4 is 4.90 Å². The smallest absolute Gasteiger partial charge is 0.416 e. The topological polar surface area (TPSA) is 55.3 Å². The van der Waals surface area contributed by atoms with Crippen LogP contribution in [0.1, 0.15) is 13.8 Å². The van der Waals surface area contributed by atoms with Gasteiger partial charge in [0.2, 0.25) is 5.28 Å². The molecule has 1 fully saturated rings. The predicted molar refractivity (Wildman–Crippen MR) is 54.9 cm³/mol. The van der Waals surface area contributed by atoms with Gasteiger partial charge in [0, 0.05) is 6.20 Å². The first-order chi connectivity index (χ1) is 7.00. The number of ether oxygens (including phenoxy) is 1. The Morgan fingerprint density at radius 3 is 2.87 bits per heavy atom. The second kappa shape index (κ2) is 3.34. The van der Waals surface area contributed by atoms with Crippen LogP contribution in [0.4, 0.5) is 10.6 Å². The van der Waals surface area contributed by atoms with E-state index in [0.717, 1.165) is 0 Å². The Hall–Kier alpha value is -1.36. The summed E-state index contributed by atoms with van der Waals surface area (Å²) >= 11 is 5.66. The van der Waals surface area contributed by atoms with Crippen molar-refractivity contribution >= 4 is 23.5 Å². The van der Waals surface area contributed by atoms with Crippen LogP contribution in [-0.4, -0.2) is 28.2 Å². The molecule has 0 unspecified atom stereocenters. The molecule has 0 bridgehead atoms. The molecule has 1 aromatic rings. The van der Waals surface area contributed by atoms with Gasteiger partial charge >= 0.3 is 6.09 Å². The lowest BCUT2D eigenvalue weighted by atomic mass is 10.1. The Morgan fingerprint density at radius 2 is 2.33 bits per heavy atom. The minimum absolute atomic E-state index is 0.114. The average molecular weight is 228 g/mol. The molecule has 2 heterocycles. The Morgan fingerprint density at radius 1 is 1.60 bits per heavy atom. The maximum absolute atomic E-state index is 11.5. The van der Waals surface area contributed by atoms with Crippen LogP contribution in [0.25, 0.3) is 0 Å². The summed E-state index contributed by atoms with van der Waals surface area (Å²) in [5.74, 6) is 0.461. The monoisotopic (exact) mass is 227 g/mol. The Bertz CT molecular complexity index is 408. The number of amides is 1. The van der Waals surface area contributed by atoms with Crippen molar-refractivity contribution in [1.29, 1.82) is 0 Å². The van der Waals surface area contributed by atoms with Gasteiger partial charge in [0.15, 0.2) is 0 Å². The van der Waals surface area contributed by atoms with E-state index >= 15 is 0 Å². The lowest BCUT2D eigenvalue weighted by molar-refractivity contribution is 0.175. The molecule has 0 atom stereocenters. The van der Waals surface area contributed by atoms with E-state index in [1.807, 2.05) is 13.8 Å². The highest BCUT2D eigenvalue weighted by Crippen LogP contribution is 2.28. The second-order valence-corrected chi connectivity index (χ2v) is 4.22. The molecule has 0 saturated carbocycles. The molecule has 1 saturated heterocycles. The number of hydrogen-bond donors (Lipinski definition) is 0. The molecule has 6 heteroatoms. The summed E-state index contributed by atoms with van der Waals surface area (Å²) in [5.41, 5.74) is -0.408. The Balaban J connectivity index is 2.41. The zero-order valence-corrected chi connectivity index (χ0v) is 9.15. The first-order valence-corrected chi connectivity index (χ1v) is 4.84. The molecular weight excluding hydrogens is 218 g/mol. The number of anilines is 1. The zero-order chi connectivity index (χ0) is 11.1. The van der Waals surface area contributed by atoms with Crippen molar-refractivity contribution in [2.75, 3.05) is 11.5 Å². The lowest BCUT2D eigenvalue weighted by Crippen LogP contribution is -2.42. The fourth-order valence-corrected chi connectivity index (χ4v) is 1.61. The summed E-state index contributed by atoms with van der Waals surface area (Å²) in [6.45, 7) is 4.13. The predicted octanol–water partition coefficient (Wildman–Crippen LogP) is 1.87. The number of rotatable bonds is 1. The van der Waals surface area contributed by atoms with E-state index in [4.69, 9.17) is 16.3 Å². The third-order valence-corrected chi connectivity index (χ3v) is 2.36. The van der Waals surface area contributed by atoms with E-state index in [-0.39, 0.29) is 5.28 Å². The van der Waals surface area contributed by atoms with Crippen molar-refractivity contribution in [3.05, 3.63) is 17.5 Å². The number of carbonyl (C=O) groups excluding carboxylic acids is 1. The van der Waals surface area contributed by atoms with Crippen LogP contribution in [0.15, 0.2) is 12.3 Å². The molecule has 0 spiro atoms. The summed E-state index contributed by atoms with van der Waals surface area (Å²) in [4.78, 5) is 20.7. The minimum Gasteiger partial charge on any atom is -0.447 e. The summed E-state index contributed by atoms with van der Waals surface area (Å²) < 4.78 is 4.96. The van der Waals surface area contributed by atoms with Gasteiger partial charge in [-0.3, -0.25) is 4.90 Å². The van der Waals surface area contributed by atoms with Gasteiger partial charge in [-0.1, -0.05) is 0 Å². The molecule has 0 aliphatic carbocycles. The first kappa shape index (κ1) is 10.2. The third-order valence-electron chi connectivity index (χ3n) is 2.18. The zero-order valence-electron chi connectivity index (χ0n) is 8.40. The van der Waals surface area contributed by atoms with E-state index in [0.29, 0.717) is 12.4 Å². The standard InChI is InChI=1S/C9H10ClN3O2/c1-9(2)5-15-8(14)13(9)6-3-4-11-7(10)12-6/h3-4H,5H2,1-2H3. The van der Waals surface area contributed by atoms with E-state index in [1.54, 1.807) is 6.07 Å². The summed E-state index contributed by atoms with van der Waals surface area (Å²) in [6.07, 6.45) is 1.10. The van der Waals surface area contributed by atoms with E-state index in [1.165, 1.54) is 11.1 Å². The Labute approximate surface area is 92.0 Å². The quantitative estimate of drug-likeness (QED) is 0.688. The largest absolute Gasteiger partial charge is 0.447 e. The van der Waals surface area contributed by atoms with Gasteiger partial charge in [-0.2, -0.15) is 0 Å². The van der Waals surface area contributed by atoms with Crippen molar-refractivity contribution in [3.63, 3.8) is 0 Å². The summed E-state index contributed by atoms with van der Waals surface area (Å²) in [6, 6.07) is 1.63. The highest BCUT2D eigenvalue weighted by atomic mass is 35.5. The fraction of sp³-hybridized carbons (Fsp3) is 0.444. The van der Waals surface area contributed by atoms with Gasteiger partial charge in [-0.15, -0.1) is 0 Å². The lowest BCUT2D eigenvalue weighted by Gasteiger charge is -2.26. The van der Waals surface area contributed by atoms with Crippen LogP contribution in [0, 0.1) is 0 Å². The van der Waals surface area contributed by atoms with Gasteiger partial charge in [0.25, 0.3) is 0 Å². The number of nitrogens with zero attached hydrogens (tertiary/aromatic N) is 3. The maximum Gasteiger partial charge on any atom is 0.416 e. The molecule has 0 radical (unpaired) electrons. The van der Waals surface area contributed by atoms with Gasteiger partial charge in [0.05, 0.1) is 5.54 Å². The molecule has 80 valence electrons. The van der Waals surface area contributed by atoms with E-state index < -0.39 is 11.6 Å². The number of aromatic nitrogens is 2. The molecule has 1 amide bonds. The molecule has 1 aliphatic rings. The minimum atomic E-state index is -0.408. The third kappa shape index (κ3) is 1.74. The molecule has 1 aliphatic heterocycles. The molecule has 1 aromatic heterocycles. The number of cyclic esters (lactones) is 1. The number of hydrogen-bond acceptors (Lipinski definition) is 4. The van der Waals surface area contributed by atoms with Crippen molar-refractivity contribution < 1.29 is 9.53 Å². The van der Waals surface area contributed by atoms with Crippen LogP contribution in [0.2, 0.25) is 5.28 Å². The summed E-state index contributed by atoms with van der Waals surface area (Å²) in [7, 11) is 0. The number of halogens is 1. The fourth-order valence-electron chi connectivity index (χ4n) is 1.47. The van der Waals surface area contributed by atoms with Crippen molar-refractivity contribution in [2.24, 2.45) is 0 Å². The van der Waals surface area contributed by atoms with Crippen LogP contribution in [0.3, 0.4) is 0 Å². The second-order valence-electron chi connectivity index (χ2n) is 3.89. The van der Waals surface area contributed by atoms with E-state index in [9.17, 15) is 4.79 Å². The van der Waals surface area contributed by atoms with Gasteiger partial charge in [-0.25, -0.2) is 14.8 Å². The molecule has 5 nitrogen and oxygen atoms in total. The maximum atomic E-state index is 11.5. The van der Waals surface area contributed by atoms with Crippen molar-refractivity contribution in [3.8, 4) is 0 Å². The highest BCUT2D eigenvalue weighted by molar-refractivity contribution is 6.28. The van der Waals surface area contributed by atoms with Crippen LogP contribution in [-0.2, 0) is 4.74 Å². The average Bonchev–Trinajstić information content (AvgIpc) is 2.40. The van der Waals surface area contributed by atoms with E-state index in [2.05, 4.69) is 9.97 Å². The highest BCUT2D eigenvalue weighted by Gasteiger charge is 2.41. The SMILES string of the molecule is CC1(C)COC(=O)N1c1ccnc(Cl)n1. The van der Waals surface area contributed by atoms with Gasteiger partial charge < -0.3 is 4.74 Å². The van der Waals surface area contributed by atoms with Crippen LogP contribution >= 0.6 is 11.6 Å². The molecule has 0 N–H and O–H groups in total. The Kier molecular flexibility index (Phi) is 2.26.